The first-order valence-electron chi connectivity index (χ1n) is 8.65. The van der Waals surface area contributed by atoms with Crippen LogP contribution in [-0.2, 0) is 6.54 Å². The van der Waals surface area contributed by atoms with Crippen molar-refractivity contribution in [2.45, 2.75) is 45.8 Å². The standard InChI is InChI=1S/C19H25N3O4/c1-12(2)15-10-25-21-17(15)20-18(23)22-9-13-6-7-14(24-5)8-16(13)26-19(3,4)11-22/h6-8,10,12H,9,11H2,1-5H3,(H,20,21,23). The molecule has 0 aliphatic carbocycles. The summed E-state index contributed by atoms with van der Waals surface area (Å²) in [6.45, 7) is 8.83. The molecule has 0 saturated heterocycles. The lowest BCUT2D eigenvalue weighted by atomic mass is 10.1. The average molecular weight is 359 g/mol. The largest absolute Gasteiger partial charge is 0.497 e. The van der Waals surface area contributed by atoms with Crippen molar-refractivity contribution in [1.82, 2.24) is 10.1 Å². The van der Waals surface area contributed by atoms with Crippen molar-refractivity contribution in [3.8, 4) is 11.5 Å². The predicted molar refractivity (Wildman–Crippen MR) is 97.7 cm³/mol. The Balaban J connectivity index is 1.84. The number of aromatic nitrogens is 1. The summed E-state index contributed by atoms with van der Waals surface area (Å²) in [5, 5.41) is 6.78. The van der Waals surface area contributed by atoms with Gasteiger partial charge in [-0.2, -0.15) is 0 Å². The number of urea groups is 1. The van der Waals surface area contributed by atoms with Gasteiger partial charge in [-0.1, -0.05) is 19.0 Å². The van der Waals surface area contributed by atoms with Crippen molar-refractivity contribution >= 4 is 11.8 Å². The number of hydrogen-bond acceptors (Lipinski definition) is 5. The summed E-state index contributed by atoms with van der Waals surface area (Å²) in [5.41, 5.74) is 1.25. The van der Waals surface area contributed by atoms with E-state index in [2.05, 4.69) is 10.5 Å². The van der Waals surface area contributed by atoms with E-state index < -0.39 is 5.60 Å². The highest BCUT2D eigenvalue weighted by molar-refractivity contribution is 5.89. The maximum atomic E-state index is 12.9. The van der Waals surface area contributed by atoms with Gasteiger partial charge in [0, 0.05) is 17.2 Å². The van der Waals surface area contributed by atoms with Gasteiger partial charge in [-0.25, -0.2) is 4.79 Å². The Labute approximate surface area is 153 Å². The Morgan fingerprint density at radius 1 is 1.38 bits per heavy atom. The number of methoxy groups -OCH3 is 1. The minimum atomic E-state index is -0.542. The van der Waals surface area contributed by atoms with Gasteiger partial charge in [-0.15, -0.1) is 0 Å². The summed E-state index contributed by atoms with van der Waals surface area (Å²) >= 11 is 0. The van der Waals surface area contributed by atoms with Crippen LogP contribution in [-0.4, -0.2) is 35.3 Å². The number of ether oxygens (including phenoxy) is 2. The van der Waals surface area contributed by atoms with Gasteiger partial charge in [0.1, 0.15) is 23.4 Å². The zero-order valence-electron chi connectivity index (χ0n) is 15.8. The molecule has 1 N–H and O–H groups in total. The number of fused-ring (bicyclic) bond motifs is 1. The van der Waals surface area contributed by atoms with Crippen molar-refractivity contribution in [2.75, 3.05) is 19.0 Å². The number of carbonyl (C=O) groups is 1. The molecule has 1 aliphatic rings. The maximum Gasteiger partial charge on any atom is 0.323 e. The fourth-order valence-electron chi connectivity index (χ4n) is 3.01. The first-order chi connectivity index (χ1) is 12.3. The Morgan fingerprint density at radius 2 is 2.15 bits per heavy atom. The van der Waals surface area contributed by atoms with Crippen LogP contribution in [0, 0.1) is 0 Å². The molecule has 2 aromatic rings. The van der Waals surface area contributed by atoms with E-state index in [0.29, 0.717) is 18.9 Å². The van der Waals surface area contributed by atoms with Crippen LogP contribution in [0.4, 0.5) is 10.6 Å². The van der Waals surface area contributed by atoms with Gasteiger partial charge < -0.3 is 18.9 Å². The van der Waals surface area contributed by atoms with E-state index in [4.69, 9.17) is 14.0 Å². The fourth-order valence-corrected chi connectivity index (χ4v) is 3.01. The van der Waals surface area contributed by atoms with Crippen molar-refractivity contribution in [1.29, 1.82) is 0 Å². The topological polar surface area (TPSA) is 76.8 Å². The molecule has 0 fully saturated rings. The second kappa shape index (κ2) is 6.90. The SMILES string of the molecule is COc1ccc2c(c1)OC(C)(C)CN(C(=O)Nc1nocc1C(C)C)C2. The maximum absolute atomic E-state index is 12.9. The number of anilines is 1. The Morgan fingerprint density at radius 3 is 2.85 bits per heavy atom. The number of nitrogens with zero attached hydrogens (tertiary/aromatic N) is 2. The molecule has 2 heterocycles. The van der Waals surface area contributed by atoms with E-state index in [1.807, 2.05) is 45.9 Å². The van der Waals surface area contributed by atoms with Crippen molar-refractivity contribution in [3.63, 3.8) is 0 Å². The van der Waals surface area contributed by atoms with E-state index in [1.165, 1.54) is 0 Å². The number of carbonyl (C=O) groups excluding carboxylic acids is 1. The van der Waals surface area contributed by atoms with Crippen LogP contribution in [0.25, 0.3) is 0 Å². The van der Waals surface area contributed by atoms with Gasteiger partial charge in [0.15, 0.2) is 5.82 Å². The molecule has 26 heavy (non-hydrogen) atoms. The zero-order chi connectivity index (χ0) is 18.9. The number of hydrogen-bond donors (Lipinski definition) is 1. The first kappa shape index (κ1) is 18.1. The summed E-state index contributed by atoms with van der Waals surface area (Å²) in [6, 6.07) is 5.41. The molecule has 0 radical (unpaired) electrons. The van der Waals surface area contributed by atoms with Gasteiger partial charge in [-0.3, -0.25) is 5.32 Å². The number of rotatable bonds is 3. The summed E-state index contributed by atoms with van der Waals surface area (Å²) in [5.74, 6) is 2.12. The molecule has 0 spiro atoms. The number of benzene rings is 1. The van der Waals surface area contributed by atoms with Gasteiger partial charge in [0.25, 0.3) is 0 Å². The monoisotopic (exact) mass is 359 g/mol. The van der Waals surface area contributed by atoms with Crippen molar-refractivity contribution in [3.05, 3.63) is 35.6 Å². The molecule has 3 rings (SSSR count). The van der Waals surface area contributed by atoms with Crippen molar-refractivity contribution in [2.24, 2.45) is 0 Å². The summed E-state index contributed by atoms with van der Waals surface area (Å²) in [6.07, 6.45) is 1.57. The molecule has 7 heteroatoms. The molecular formula is C19H25N3O4. The second-order valence-corrected chi connectivity index (χ2v) is 7.39. The Hall–Kier alpha value is -2.70. The van der Waals surface area contributed by atoms with Gasteiger partial charge >= 0.3 is 6.03 Å². The van der Waals surface area contributed by atoms with Crippen LogP contribution in [0.5, 0.6) is 11.5 Å². The molecule has 1 aromatic heterocycles. The number of nitrogens with one attached hydrogen (secondary N) is 1. The minimum absolute atomic E-state index is 0.202. The van der Waals surface area contributed by atoms with Gasteiger partial charge in [-0.05, 0) is 31.9 Å². The molecular weight excluding hydrogens is 334 g/mol. The molecule has 7 nitrogen and oxygen atoms in total. The molecule has 0 saturated carbocycles. The van der Waals surface area contributed by atoms with Gasteiger partial charge in [0.2, 0.25) is 0 Å². The highest BCUT2D eigenvalue weighted by atomic mass is 16.5. The van der Waals surface area contributed by atoms with Gasteiger partial charge in [0.05, 0.1) is 20.2 Å². The van der Waals surface area contributed by atoms with E-state index in [1.54, 1.807) is 18.3 Å². The Kier molecular flexibility index (Phi) is 4.80. The lowest BCUT2D eigenvalue weighted by molar-refractivity contribution is 0.0832. The van der Waals surface area contributed by atoms with Crippen molar-refractivity contribution < 1.29 is 18.8 Å². The summed E-state index contributed by atoms with van der Waals surface area (Å²) in [7, 11) is 1.62. The number of amides is 2. The lowest BCUT2D eigenvalue weighted by Gasteiger charge is -2.29. The van der Waals surface area contributed by atoms with Crippen LogP contribution in [0.1, 0.15) is 44.7 Å². The minimum Gasteiger partial charge on any atom is -0.497 e. The molecule has 2 amide bonds. The van der Waals surface area contributed by atoms with E-state index in [9.17, 15) is 4.79 Å². The molecule has 140 valence electrons. The summed E-state index contributed by atoms with van der Waals surface area (Å²) in [4.78, 5) is 14.6. The van der Waals surface area contributed by atoms with E-state index >= 15 is 0 Å². The molecule has 0 atom stereocenters. The predicted octanol–water partition coefficient (Wildman–Crippen LogP) is 4.01. The smallest absolute Gasteiger partial charge is 0.323 e. The van der Waals surface area contributed by atoms with Crippen LogP contribution in [0.3, 0.4) is 0 Å². The molecule has 0 unspecified atom stereocenters. The average Bonchev–Trinajstić information content (AvgIpc) is 2.97. The normalized spacial score (nSPS) is 15.8. The first-order valence-corrected chi connectivity index (χ1v) is 8.65. The molecule has 1 aliphatic heterocycles. The fraction of sp³-hybridized carbons (Fsp3) is 0.474. The molecule has 0 bridgehead atoms. The third kappa shape index (κ3) is 3.76. The molecule has 1 aromatic carbocycles. The van der Waals surface area contributed by atoms with Crippen LogP contribution < -0.4 is 14.8 Å². The third-order valence-electron chi connectivity index (χ3n) is 4.33. The second-order valence-electron chi connectivity index (χ2n) is 7.39. The third-order valence-corrected chi connectivity index (χ3v) is 4.33. The van der Waals surface area contributed by atoms with Crippen LogP contribution in [0.2, 0.25) is 0 Å². The summed E-state index contributed by atoms with van der Waals surface area (Å²) < 4.78 is 16.4. The Bertz CT molecular complexity index is 798. The van der Waals surface area contributed by atoms with E-state index in [-0.39, 0.29) is 11.9 Å². The van der Waals surface area contributed by atoms with E-state index in [0.717, 1.165) is 22.6 Å². The zero-order valence-corrected chi connectivity index (χ0v) is 15.8. The quantitative estimate of drug-likeness (QED) is 0.896. The van der Waals surface area contributed by atoms with Crippen LogP contribution in [0.15, 0.2) is 29.0 Å². The highest BCUT2D eigenvalue weighted by Gasteiger charge is 2.32. The van der Waals surface area contributed by atoms with Crippen LogP contribution >= 0.6 is 0 Å². The highest BCUT2D eigenvalue weighted by Crippen LogP contribution is 2.33. The lowest BCUT2D eigenvalue weighted by Crippen LogP contribution is -2.45.